The second kappa shape index (κ2) is 8.93. The molecule has 0 saturated carbocycles. The van der Waals surface area contributed by atoms with Crippen molar-refractivity contribution in [2.75, 3.05) is 34.4 Å². The van der Waals surface area contributed by atoms with Gasteiger partial charge < -0.3 is 20.1 Å². The minimum absolute atomic E-state index is 0.159. The van der Waals surface area contributed by atoms with Gasteiger partial charge in [0.25, 0.3) is 0 Å². The molecule has 0 radical (unpaired) electrons. The highest BCUT2D eigenvalue weighted by molar-refractivity contribution is 4.72. The number of hydrogen-bond donors (Lipinski definition) is 1. The van der Waals surface area contributed by atoms with Crippen LogP contribution in [0.25, 0.3) is 0 Å². The van der Waals surface area contributed by atoms with Gasteiger partial charge in [-0.25, -0.2) is 0 Å². The van der Waals surface area contributed by atoms with Crippen LogP contribution in [-0.4, -0.2) is 51.6 Å². The molecule has 0 aliphatic carbocycles. The molecule has 0 rings (SSSR count). The Balaban J connectivity index is 4.14. The molecule has 2 unspecified atom stereocenters. The normalized spacial score (nSPS) is 15.8. The van der Waals surface area contributed by atoms with Crippen LogP contribution in [0.3, 0.4) is 0 Å². The van der Waals surface area contributed by atoms with Crippen LogP contribution in [0.15, 0.2) is 0 Å². The third-order valence-electron chi connectivity index (χ3n) is 3.18. The molecule has 0 aromatic carbocycles. The number of nitrogens with two attached hydrogens (primary N) is 1. The quantitative estimate of drug-likeness (QED) is 0.609. The van der Waals surface area contributed by atoms with E-state index in [1.165, 1.54) is 6.42 Å². The highest BCUT2D eigenvalue weighted by Crippen LogP contribution is 2.11. The largest absolute Gasteiger partial charge is 0.356 e. The molecular formula is C12H28N2O2. The fraction of sp³-hybridized carbons (Fsp3) is 1.00. The van der Waals surface area contributed by atoms with Crippen molar-refractivity contribution < 1.29 is 9.47 Å². The number of nitrogens with zero attached hydrogens (tertiary/aromatic N) is 1. The van der Waals surface area contributed by atoms with Gasteiger partial charge in [-0.1, -0.05) is 20.3 Å². The first kappa shape index (κ1) is 15.8. The second-order valence-electron chi connectivity index (χ2n) is 4.48. The Morgan fingerprint density at radius 1 is 1.25 bits per heavy atom. The van der Waals surface area contributed by atoms with E-state index >= 15 is 0 Å². The molecule has 0 fully saturated rings. The topological polar surface area (TPSA) is 47.7 Å². The molecular weight excluding hydrogens is 204 g/mol. The van der Waals surface area contributed by atoms with Crippen LogP contribution in [0.4, 0.5) is 0 Å². The summed E-state index contributed by atoms with van der Waals surface area (Å²) in [5, 5.41) is 0. The van der Waals surface area contributed by atoms with E-state index in [0.717, 1.165) is 13.0 Å². The highest BCUT2D eigenvalue weighted by atomic mass is 16.7. The van der Waals surface area contributed by atoms with Gasteiger partial charge in [-0.2, -0.15) is 0 Å². The van der Waals surface area contributed by atoms with Crippen LogP contribution < -0.4 is 5.73 Å². The first-order valence-corrected chi connectivity index (χ1v) is 6.04. The predicted molar refractivity (Wildman–Crippen MR) is 67.4 cm³/mol. The van der Waals surface area contributed by atoms with E-state index in [1.54, 1.807) is 14.2 Å². The van der Waals surface area contributed by atoms with E-state index in [1.807, 2.05) is 0 Å². The minimum Gasteiger partial charge on any atom is -0.356 e. The lowest BCUT2D eigenvalue weighted by molar-refractivity contribution is -0.116. The lowest BCUT2D eigenvalue weighted by Crippen LogP contribution is -2.42. The summed E-state index contributed by atoms with van der Waals surface area (Å²) < 4.78 is 10.4. The Labute approximate surface area is 100 Å². The maximum absolute atomic E-state index is 5.80. The Bertz CT molecular complexity index is 163. The summed E-state index contributed by atoms with van der Waals surface area (Å²) in [6.07, 6.45) is 1.85. The Morgan fingerprint density at radius 3 is 2.19 bits per heavy atom. The molecule has 0 amide bonds. The average Bonchev–Trinajstić information content (AvgIpc) is 2.30. The highest BCUT2D eigenvalue weighted by Gasteiger charge is 2.19. The first-order chi connectivity index (χ1) is 7.58. The van der Waals surface area contributed by atoms with Gasteiger partial charge in [0, 0.05) is 39.8 Å². The summed E-state index contributed by atoms with van der Waals surface area (Å²) in [5.74, 6) is 0.697. The molecule has 4 nitrogen and oxygen atoms in total. The summed E-state index contributed by atoms with van der Waals surface area (Å²) in [6, 6.07) is 0.318. The summed E-state index contributed by atoms with van der Waals surface area (Å²) >= 11 is 0. The van der Waals surface area contributed by atoms with Crippen LogP contribution in [0.1, 0.15) is 26.7 Å². The third-order valence-corrected chi connectivity index (χ3v) is 3.18. The fourth-order valence-electron chi connectivity index (χ4n) is 1.74. The Morgan fingerprint density at radius 2 is 1.81 bits per heavy atom. The number of methoxy groups -OCH3 is 2. The lowest BCUT2D eigenvalue weighted by Gasteiger charge is -2.31. The van der Waals surface area contributed by atoms with Crippen molar-refractivity contribution in [2.45, 2.75) is 39.0 Å². The van der Waals surface area contributed by atoms with Gasteiger partial charge in [0.1, 0.15) is 0 Å². The molecule has 0 bridgehead atoms. The van der Waals surface area contributed by atoms with Crippen molar-refractivity contribution in [1.29, 1.82) is 0 Å². The van der Waals surface area contributed by atoms with Crippen molar-refractivity contribution in [3.05, 3.63) is 0 Å². The van der Waals surface area contributed by atoms with Crippen LogP contribution in [0.2, 0.25) is 0 Å². The SMILES string of the molecule is CCC(C)CN(C)C(CN)CC(OC)OC. The van der Waals surface area contributed by atoms with Crippen LogP contribution in [-0.2, 0) is 9.47 Å². The van der Waals surface area contributed by atoms with E-state index in [2.05, 4.69) is 25.8 Å². The molecule has 4 heteroatoms. The number of hydrogen-bond acceptors (Lipinski definition) is 4. The van der Waals surface area contributed by atoms with Crippen molar-refractivity contribution in [3.63, 3.8) is 0 Å². The molecule has 0 aliphatic heterocycles. The summed E-state index contributed by atoms with van der Waals surface area (Å²) in [7, 11) is 5.44. The summed E-state index contributed by atoms with van der Waals surface area (Å²) in [6.45, 7) is 6.17. The van der Waals surface area contributed by atoms with Gasteiger partial charge in [-0.05, 0) is 13.0 Å². The van der Waals surface area contributed by atoms with E-state index in [9.17, 15) is 0 Å². The maximum atomic E-state index is 5.80. The molecule has 0 aromatic heterocycles. The van der Waals surface area contributed by atoms with Gasteiger partial charge in [-0.3, -0.25) is 0 Å². The first-order valence-electron chi connectivity index (χ1n) is 6.04. The number of rotatable bonds is 9. The van der Waals surface area contributed by atoms with Gasteiger partial charge >= 0.3 is 0 Å². The molecule has 0 spiro atoms. The molecule has 0 aliphatic rings. The van der Waals surface area contributed by atoms with Crippen LogP contribution >= 0.6 is 0 Å². The lowest BCUT2D eigenvalue weighted by atomic mass is 10.1. The number of ether oxygens (including phenoxy) is 2. The van der Waals surface area contributed by atoms with Crippen LogP contribution in [0.5, 0.6) is 0 Å². The Hall–Kier alpha value is -0.160. The molecule has 98 valence electrons. The van der Waals surface area contributed by atoms with Gasteiger partial charge in [0.05, 0.1) is 0 Å². The fourth-order valence-corrected chi connectivity index (χ4v) is 1.74. The number of likely N-dealkylation sites (N-methyl/N-ethyl adjacent to an activating group) is 1. The van der Waals surface area contributed by atoms with Gasteiger partial charge in [0.2, 0.25) is 0 Å². The van der Waals surface area contributed by atoms with Crippen molar-refractivity contribution in [1.82, 2.24) is 4.90 Å². The Kier molecular flexibility index (Phi) is 8.84. The second-order valence-corrected chi connectivity index (χ2v) is 4.48. The summed E-state index contributed by atoms with van der Waals surface area (Å²) in [5.41, 5.74) is 5.80. The predicted octanol–water partition coefficient (Wildman–Crippen LogP) is 1.30. The molecule has 0 saturated heterocycles. The molecule has 0 heterocycles. The zero-order chi connectivity index (χ0) is 12.6. The van der Waals surface area contributed by atoms with Gasteiger partial charge in [0.15, 0.2) is 6.29 Å². The summed E-state index contributed by atoms with van der Waals surface area (Å²) in [4.78, 5) is 2.30. The smallest absolute Gasteiger partial charge is 0.158 e. The maximum Gasteiger partial charge on any atom is 0.158 e. The van der Waals surface area contributed by atoms with Crippen molar-refractivity contribution in [3.8, 4) is 0 Å². The minimum atomic E-state index is -0.159. The van der Waals surface area contributed by atoms with E-state index < -0.39 is 0 Å². The zero-order valence-corrected chi connectivity index (χ0v) is 11.4. The van der Waals surface area contributed by atoms with E-state index in [0.29, 0.717) is 18.5 Å². The van der Waals surface area contributed by atoms with Crippen molar-refractivity contribution >= 4 is 0 Å². The standard InChI is InChI=1S/C12H28N2O2/c1-6-10(2)9-14(3)11(8-13)7-12(15-4)16-5/h10-12H,6-9,13H2,1-5H3. The average molecular weight is 232 g/mol. The van der Waals surface area contributed by atoms with E-state index in [4.69, 9.17) is 15.2 Å². The van der Waals surface area contributed by atoms with Crippen LogP contribution in [0, 0.1) is 5.92 Å². The monoisotopic (exact) mass is 232 g/mol. The molecule has 2 atom stereocenters. The molecule has 2 N–H and O–H groups in total. The molecule has 16 heavy (non-hydrogen) atoms. The molecule has 0 aromatic rings. The third kappa shape index (κ3) is 5.80. The van der Waals surface area contributed by atoms with Crippen molar-refractivity contribution in [2.24, 2.45) is 11.7 Å². The van der Waals surface area contributed by atoms with E-state index in [-0.39, 0.29) is 6.29 Å². The zero-order valence-electron chi connectivity index (χ0n) is 11.4. The van der Waals surface area contributed by atoms with Gasteiger partial charge in [-0.15, -0.1) is 0 Å².